The van der Waals surface area contributed by atoms with E-state index in [2.05, 4.69) is 31.9 Å². The summed E-state index contributed by atoms with van der Waals surface area (Å²) in [5, 5.41) is 9.57. The van der Waals surface area contributed by atoms with Gasteiger partial charge in [-0.1, -0.05) is 6.07 Å². The Hall–Kier alpha value is 0.1000. The highest BCUT2D eigenvalue weighted by Crippen LogP contribution is 2.26. The van der Waals surface area contributed by atoms with Gasteiger partial charge < -0.3 is 9.84 Å². The van der Waals surface area contributed by atoms with E-state index >= 15 is 0 Å². The van der Waals surface area contributed by atoms with Crippen LogP contribution in [-0.4, -0.2) is 18.8 Å². The SMILES string of the molecule is COCC(O)c1ccc(Br)c(Br)c1. The van der Waals surface area contributed by atoms with Gasteiger partial charge in [-0.2, -0.15) is 0 Å². The van der Waals surface area contributed by atoms with Crippen molar-refractivity contribution in [2.24, 2.45) is 0 Å². The summed E-state index contributed by atoms with van der Waals surface area (Å²) in [5.74, 6) is 0. The van der Waals surface area contributed by atoms with Crippen LogP contribution in [0.5, 0.6) is 0 Å². The van der Waals surface area contributed by atoms with Crippen molar-refractivity contribution < 1.29 is 9.84 Å². The molecule has 1 atom stereocenters. The molecular formula is C9H10Br2O2. The highest BCUT2D eigenvalue weighted by Gasteiger charge is 2.08. The third kappa shape index (κ3) is 3.06. The summed E-state index contributed by atoms with van der Waals surface area (Å²) < 4.78 is 6.75. The van der Waals surface area contributed by atoms with E-state index in [4.69, 9.17) is 4.74 Å². The number of benzene rings is 1. The number of rotatable bonds is 3. The number of aliphatic hydroxyl groups excluding tert-OH is 1. The number of hydrogen-bond donors (Lipinski definition) is 1. The Bertz CT molecular complexity index is 289. The van der Waals surface area contributed by atoms with Crippen LogP contribution in [0.4, 0.5) is 0 Å². The molecule has 2 nitrogen and oxygen atoms in total. The van der Waals surface area contributed by atoms with Crippen LogP contribution in [0.1, 0.15) is 11.7 Å². The molecule has 4 heteroatoms. The van der Waals surface area contributed by atoms with Crippen LogP contribution >= 0.6 is 31.9 Å². The minimum atomic E-state index is -0.561. The maximum Gasteiger partial charge on any atom is 0.102 e. The molecule has 1 aromatic carbocycles. The van der Waals surface area contributed by atoms with Crippen molar-refractivity contribution in [2.75, 3.05) is 13.7 Å². The molecule has 0 radical (unpaired) electrons. The predicted molar refractivity (Wildman–Crippen MR) is 58.7 cm³/mol. The number of aliphatic hydroxyl groups is 1. The fourth-order valence-electron chi connectivity index (χ4n) is 0.974. The number of halogens is 2. The Balaban J connectivity index is 2.84. The van der Waals surface area contributed by atoms with Crippen LogP contribution < -0.4 is 0 Å². The van der Waals surface area contributed by atoms with Gasteiger partial charge in [0.2, 0.25) is 0 Å². The van der Waals surface area contributed by atoms with Crippen LogP contribution in [0.25, 0.3) is 0 Å². The van der Waals surface area contributed by atoms with Crippen molar-refractivity contribution in [1.29, 1.82) is 0 Å². The Morgan fingerprint density at radius 3 is 2.62 bits per heavy atom. The molecule has 1 N–H and O–H groups in total. The van der Waals surface area contributed by atoms with E-state index in [-0.39, 0.29) is 0 Å². The molecule has 0 bridgehead atoms. The average molecular weight is 310 g/mol. The lowest BCUT2D eigenvalue weighted by Gasteiger charge is -2.10. The zero-order chi connectivity index (χ0) is 9.84. The lowest BCUT2D eigenvalue weighted by atomic mass is 10.1. The summed E-state index contributed by atoms with van der Waals surface area (Å²) in [6.45, 7) is 0.314. The van der Waals surface area contributed by atoms with Crippen LogP contribution in [0.2, 0.25) is 0 Å². The van der Waals surface area contributed by atoms with Gasteiger partial charge in [0.25, 0.3) is 0 Å². The Morgan fingerprint density at radius 2 is 2.08 bits per heavy atom. The zero-order valence-electron chi connectivity index (χ0n) is 7.13. The quantitative estimate of drug-likeness (QED) is 0.930. The lowest BCUT2D eigenvalue weighted by molar-refractivity contribution is 0.0643. The smallest absolute Gasteiger partial charge is 0.102 e. The molecule has 0 heterocycles. The Labute approximate surface area is 94.2 Å². The molecule has 13 heavy (non-hydrogen) atoms. The van der Waals surface area contributed by atoms with Crippen LogP contribution in [0.15, 0.2) is 27.1 Å². The molecule has 0 aliphatic rings. The van der Waals surface area contributed by atoms with Gasteiger partial charge in [0.05, 0.1) is 6.61 Å². The third-order valence-electron chi connectivity index (χ3n) is 1.65. The van der Waals surface area contributed by atoms with Crippen molar-refractivity contribution >= 4 is 31.9 Å². The van der Waals surface area contributed by atoms with Crippen molar-refractivity contribution in [3.05, 3.63) is 32.7 Å². The summed E-state index contributed by atoms with van der Waals surface area (Å²) in [6.07, 6.45) is -0.561. The monoisotopic (exact) mass is 308 g/mol. The van der Waals surface area contributed by atoms with E-state index < -0.39 is 6.10 Å². The number of methoxy groups -OCH3 is 1. The first kappa shape index (κ1) is 11.2. The van der Waals surface area contributed by atoms with Crippen molar-refractivity contribution in [3.8, 4) is 0 Å². The molecule has 0 aromatic heterocycles. The third-order valence-corrected chi connectivity index (χ3v) is 3.53. The molecule has 0 aliphatic carbocycles. The van der Waals surface area contributed by atoms with E-state index in [0.717, 1.165) is 14.5 Å². The summed E-state index contributed by atoms with van der Waals surface area (Å²) >= 11 is 6.72. The number of hydrogen-bond acceptors (Lipinski definition) is 2. The molecule has 0 saturated carbocycles. The molecule has 1 unspecified atom stereocenters. The second-order valence-corrected chi connectivity index (χ2v) is 4.35. The minimum absolute atomic E-state index is 0.314. The van der Waals surface area contributed by atoms with Gasteiger partial charge in [-0.15, -0.1) is 0 Å². The highest BCUT2D eigenvalue weighted by atomic mass is 79.9. The molecule has 0 fully saturated rings. The predicted octanol–water partition coefficient (Wildman–Crippen LogP) is 2.89. The molecule has 0 amide bonds. The first-order chi connectivity index (χ1) is 6.15. The van der Waals surface area contributed by atoms with Gasteiger partial charge in [-0.05, 0) is 49.6 Å². The van der Waals surface area contributed by atoms with Gasteiger partial charge in [0, 0.05) is 16.1 Å². The highest BCUT2D eigenvalue weighted by molar-refractivity contribution is 9.13. The maximum atomic E-state index is 9.57. The van der Waals surface area contributed by atoms with Crippen LogP contribution in [0, 0.1) is 0 Å². The standard InChI is InChI=1S/C9H10Br2O2/c1-13-5-9(12)6-2-3-7(10)8(11)4-6/h2-4,9,12H,5H2,1H3. The molecule has 1 rings (SSSR count). The van der Waals surface area contributed by atoms with Crippen molar-refractivity contribution in [1.82, 2.24) is 0 Å². The molecule has 0 saturated heterocycles. The second-order valence-electron chi connectivity index (χ2n) is 2.64. The molecule has 0 spiro atoms. The van der Waals surface area contributed by atoms with E-state index in [0.29, 0.717) is 6.61 Å². The Kier molecular flexibility index (Phi) is 4.38. The van der Waals surface area contributed by atoms with Crippen LogP contribution in [0.3, 0.4) is 0 Å². The van der Waals surface area contributed by atoms with E-state index in [1.807, 2.05) is 18.2 Å². The summed E-state index contributed by atoms with van der Waals surface area (Å²) in [7, 11) is 1.57. The maximum absolute atomic E-state index is 9.57. The first-order valence-corrected chi connectivity index (χ1v) is 5.35. The van der Waals surface area contributed by atoms with Gasteiger partial charge in [0.1, 0.15) is 6.10 Å². The largest absolute Gasteiger partial charge is 0.386 e. The molecule has 72 valence electrons. The van der Waals surface area contributed by atoms with Crippen molar-refractivity contribution in [2.45, 2.75) is 6.10 Å². The number of ether oxygens (including phenoxy) is 1. The topological polar surface area (TPSA) is 29.5 Å². The fourth-order valence-corrected chi connectivity index (χ4v) is 1.62. The van der Waals surface area contributed by atoms with Crippen molar-refractivity contribution in [3.63, 3.8) is 0 Å². The van der Waals surface area contributed by atoms with E-state index in [1.165, 1.54) is 0 Å². The van der Waals surface area contributed by atoms with Crippen LogP contribution in [-0.2, 0) is 4.74 Å². The van der Waals surface area contributed by atoms with Gasteiger partial charge >= 0.3 is 0 Å². The summed E-state index contributed by atoms with van der Waals surface area (Å²) in [4.78, 5) is 0. The second kappa shape index (κ2) is 5.10. The lowest BCUT2D eigenvalue weighted by Crippen LogP contribution is -2.04. The zero-order valence-corrected chi connectivity index (χ0v) is 10.3. The normalized spacial score (nSPS) is 12.9. The molecular weight excluding hydrogens is 300 g/mol. The minimum Gasteiger partial charge on any atom is -0.386 e. The van der Waals surface area contributed by atoms with E-state index in [9.17, 15) is 5.11 Å². The van der Waals surface area contributed by atoms with Gasteiger partial charge in [0.15, 0.2) is 0 Å². The molecule has 0 aliphatic heterocycles. The fraction of sp³-hybridized carbons (Fsp3) is 0.333. The average Bonchev–Trinajstić information content (AvgIpc) is 2.10. The van der Waals surface area contributed by atoms with Gasteiger partial charge in [-0.3, -0.25) is 0 Å². The summed E-state index contributed by atoms with van der Waals surface area (Å²) in [6, 6.07) is 5.62. The summed E-state index contributed by atoms with van der Waals surface area (Å²) in [5.41, 5.74) is 0.844. The Morgan fingerprint density at radius 1 is 1.38 bits per heavy atom. The first-order valence-electron chi connectivity index (χ1n) is 3.77. The van der Waals surface area contributed by atoms with Gasteiger partial charge in [-0.25, -0.2) is 0 Å². The van der Waals surface area contributed by atoms with E-state index in [1.54, 1.807) is 7.11 Å². The molecule has 1 aromatic rings.